The van der Waals surface area contributed by atoms with Gasteiger partial charge in [-0.25, -0.2) is 8.78 Å². The van der Waals surface area contributed by atoms with E-state index in [0.717, 1.165) is 11.1 Å². The van der Waals surface area contributed by atoms with Crippen LogP contribution < -0.4 is 0 Å². The average Bonchev–Trinajstić information content (AvgIpc) is 2.75. The summed E-state index contributed by atoms with van der Waals surface area (Å²) >= 11 is 0. The number of hydrogen-bond acceptors (Lipinski definition) is 3. The fourth-order valence-corrected chi connectivity index (χ4v) is 3.84. The lowest BCUT2D eigenvalue weighted by Gasteiger charge is -2.42. The van der Waals surface area contributed by atoms with E-state index in [0.29, 0.717) is 26.1 Å². The van der Waals surface area contributed by atoms with Crippen LogP contribution in [0.5, 0.6) is 0 Å². The molecule has 1 N–H and O–H groups in total. The largest absolute Gasteiger partial charge is 0.392 e. The van der Waals surface area contributed by atoms with Crippen molar-refractivity contribution in [2.45, 2.75) is 31.9 Å². The fourth-order valence-electron chi connectivity index (χ4n) is 3.84. The van der Waals surface area contributed by atoms with Crippen molar-refractivity contribution < 1.29 is 18.7 Å². The van der Waals surface area contributed by atoms with Crippen molar-refractivity contribution in [2.24, 2.45) is 5.41 Å². The van der Waals surface area contributed by atoms with Crippen LogP contribution in [0.1, 0.15) is 24.0 Å². The first-order valence-corrected chi connectivity index (χ1v) is 7.88. The first kappa shape index (κ1) is 16.3. The molecule has 0 aliphatic carbocycles. The van der Waals surface area contributed by atoms with Crippen molar-refractivity contribution in [3.05, 3.63) is 35.4 Å². The maximum Gasteiger partial charge on any atom is 0.261 e. The first-order chi connectivity index (χ1) is 10.8. The number of piperidine rings is 1. The number of alkyl halides is 2. The van der Waals surface area contributed by atoms with Crippen molar-refractivity contribution in [2.75, 3.05) is 26.7 Å². The van der Waals surface area contributed by atoms with Crippen LogP contribution in [0.4, 0.5) is 8.78 Å². The monoisotopic (exact) mass is 324 g/mol. The van der Waals surface area contributed by atoms with Crippen LogP contribution in [0, 0.1) is 5.41 Å². The van der Waals surface area contributed by atoms with Gasteiger partial charge in [-0.1, -0.05) is 24.3 Å². The molecule has 3 rings (SSSR count). The van der Waals surface area contributed by atoms with Crippen LogP contribution in [-0.4, -0.2) is 53.4 Å². The zero-order valence-electron chi connectivity index (χ0n) is 13.3. The molecule has 2 fully saturated rings. The maximum atomic E-state index is 14.2. The van der Waals surface area contributed by atoms with Gasteiger partial charge < -0.3 is 10.0 Å². The van der Waals surface area contributed by atoms with Gasteiger partial charge in [0.05, 0.1) is 18.6 Å². The van der Waals surface area contributed by atoms with Crippen molar-refractivity contribution in [3.63, 3.8) is 0 Å². The van der Waals surface area contributed by atoms with Crippen molar-refractivity contribution in [3.8, 4) is 0 Å². The van der Waals surface area contributed by atoms with E-state index in [1.807, 2.05) is 12.1 Å². The van der Waals surface area contributed by atoms with Gasteiger partial charge in [0.1, 0.15) is 0 Å². The Bertz CT molecular complexity index is 591. The lowest BCUT2D eigenvalue weighted by molar-refractivity contribution is -0.154. The summed E-state index contributed by atoms with van der Waals surface area (Å²) in [5.74, 6) is -3.00. The van der Waals surface area contributed by atoms with Crippen molar-refractivity contribution in [1.82, 2.24) is 9.80 Å². The Balaban J connectivity index is 1.77. The minimum atomic E-state index is -2.84. The predicted octanol–water partition coefficient (Wildman–Crippen LogP) is 1.87. The van der Waals surface area contributed by atoms with Gasteiger partial charge in [0, 0.05) is 33.1 Å². The molecule has 1 amide bonds. The second-order valence-corrected chi connectivity index (χ2v) is 6.91. The van der Waals surface area contributed by atoms with Crippen molar-refractivity contribution >= 4 is 5.91 Å². The molecule has 2 aliphatic rings. The highest BCUT2D eigenvalue weighted by Crippen LogP contribution is 2.45. The van der Waals surface area contributed by atoms with E-state index in [4.69, 9.17) is 5.11 Å². The molecule has 2 heterocycles. The molecule has 1 aromatic rings. The van der Waals surface area contributed by atoms with E-state index in [1.165, 1.54) is 0 Å². The number of likely N-dealkylation sites (tertiary alicyclic amines) is 2. The minimum Gasteiger partial charge on any atom is -0.392 e. The molecule has 4 nitrogen and oxygen atoms in total. The molecule has 6 heteroatoms. The molecular formula is C17H22F2N2O2. The molecule has 0 aromatic heterocycles. The average molecular weight is 324 g/mol. The van der Waals surface area contributed by atoms with Gasteiger partial charge in [0.15, 0.2) is 0 Å². The molecular weight excluding hydrogens is 302 g/mol. The highest BCUT2D eigenvalue weighted by atomic mass is 19.3. The zero-order chi connectivity index (χ0) is 16.7. The molecule has 1 spiro atoms. The summed E-state index contributed by atoms with van der Waals surface area (Å²) in [5.41, 5.74) is 0.761. The number of nitrogens with zero attached hydrogens (tertiary/aromatic N) is 2. The van der Waals surface area contributed by atoms with E-state index in [1.54, 1.807) is 29.0 Å². The van der Waals surface area contributed by atoms with Gasteiger partial charge in [0.25, 0.3) is 5.92 Å². The Morgan fingerprint density at radius 3 is 2.39 bits per heavy atom. The Labute approximate surface area is 134 Å². The number of carbonyl (C=O) groups excluding carboxylic acids is 1. The molecule has 23 heavy (non-hydrogen) atoms. The number of aliphatic hydroxyl groups excluding tert-OH is 1. The normalized spacial score (nSPS) is 27.8. The molecule has 0 unspecified atom stereocenters. The Morgan fingerprint density at radius 1 is 1.17 bits per heavy atom. The SMILES string of the molecule is CN1CC[C@]2(CN(Cc3ccc(CO)cc3)CC(F)(F)C2)C1=O. The Morgan fingerprint density at radius 2 is 1.83 bits per heavy atom. The summed E-state index contributed by atoms with van der Waals surface area (Å²) in [6, 6.07) is 7.27. The van der Waals surface area contributed by atoms with Crippen LogP contribution in [0.2, 0.25) is 0 Å². The van der Waals surface area contributed by atoms with E-state index in [-0.39, 0.29) is 25.5 Å². The van der Waals surface area contributed by atoms with Crippen LogP contribution in [0.15, 0.2) is 24.3 Å². The number of hydrogen-bond donors (Lipinski definition) is 1. The van der Waals surface area contributed by atoms with Crippen molar-refractivity contribution in [1.29, 1.82) is 0 Å². The maximum absolute atomic E-state index is 14.2. The fraction of sp³-hybridized carbons (Fsp3) is 0.588. The van der Waals surface area contributed by atoms with Gasteiger partial charge in [-0.05, 0) is 17.5 Å². The quantitative estimate of drug-likeness (QED) is 0.923. The lowest BCUT2D eigenvalue weighted by Crippen LogP contribution is -2.55. The summed E-state index contributed by atoms with van der Waals surface area (Å²) < 4.78 is 28.5. The number of aliphatic hydroxyl groups is 1. The summed E-state index contributed by atoms with van der Waals surface area (Å²) in [6.45, 7) is 0.973. The van der Waals surface area contributed by atoms with Crippen LogP contribution >= 0.6 is 0 Å². The number of carbonyl (C=O) groups is 1. The molecule has 1 atom stereocenters. The number of amides is 1. The standard InChI is InChI=1S/C17H22F2N2O2/c1-20-7-6-16(15(20)23)10-17(18,19)12-21(11-16)8-13-2-4-14(9-22)5-3-13/h2-5,22H,6-12H2,1H3/t16-/m0/s1. The molecule has 0 bridgehead atoms. The Kier molecular flexibility index (Phi) is 4.14. The third kappa shape index (κ3) is 3.23. The highest BCUT2D eigenvalue weighted by molar-refractivity contribution is 5.85. The molecule has 2 saturated heterocycles. The highest BCUT2D eigenvalue weighted by Gasteiger charge is 2.56. The van der Waals surface area contributed by atoms with E-state index in [2.05, 4.69) is 0 Å². The molecule has 0 saturated carbocycles. The lowest BCUT2D eigenvalue weighted by atomic mass is 9.77. The van der Waals surface area contributed by atoms with Gasteiger partial charge in [-0.2, -0.15) is 0 Å². The summed E-state index contributed by atoms with van der Waals surface area (Å²) in [6.07, 6.45) is 0.154. The summed E-state index contributed by atoms with van der Waals surface area (Å²) in [7, 11) is 1.68. The molecule has 0 radical (unpaired) electrons. The predicted molar refractivity (Wildman–Crippen MR) is 81.9 cm³/mol. The second kappa shape index (κ2) is 5.83. The third-order valence-corrected chi connectivity index (χ3v) is 4.92. The molecule has 2 aliphatic heterocycles. The second-order valence-electron chi connectivity index (χ2n) is 6.91. The first-order valence-electron chi connectivity index (χ1n) is 7.88. The van der Waals surface area contributed by atoms with Crippen LogP contribution in [-0.2, 0) is 17.9 Å². The van der Waals surface area contributed by atoms with E-state index >= 15 is 0 Å². The molecule has 1 aromatic carbocycles. The third-order valence-electron chi connectivity index (χ3n) is 4.92. The zero-order valence-corrected chi connectivity index (χ0v) is 13.3. The van der Waals surface area contributed by atoms with E-state index < -0.39 is 11.3 Å². The van der Waals surface area contributed by atoms with Crippen LogP contribution in [0.3, 0.4) is 0 Å². The minimum absolute atomic E-state index is 0.0357. The van der Waals surface area contributed by atoms with Gasteiger partial charge in [0.2, 0.25) is 5.91 Å². The van der Waals surface area contributed by atoms with E-state index in [9.17, 15) is 13.6 Å². The van der Waals surface area contributed by atoms with Gasteiger partial charge in [-0.15, -0.1) is 0 Å². The smallest absolute Gasteiger partial charge is 0.261 e. The number of rotatable bonds is 3. The van der Waals surface area contributed by atoms with Crippen LogP contribution in [0.25, 0.3) is 0 Å². The number of halogens is 2. The van der Waals surface area contributed by atoms with Gasteiger partial charge in [-0.3, -0.25) is 9.69 Å². The van der Waals surface area contributed by atoms with Gasteiger partial charge >= 0.3 is 0 Å². The molecule has 126 valence electrons. The summed E-state index contributed by atoms with van der Waals surface area (Å²) in [5, 5.41) is 9.06. The summed E-state index contributed by atoms with van der Waals surface area (Å²) in [4.78, 5) is 15.6. The topological polar surface area (TPSA) is 43.8 Å². The Hall–Kier alpha value is -1.53. The number of benzene rings is 1.